The Balaban J connectivity index is 1.42. The van der Waals surface area contributed by atoms with Gasteiger partial charge in [0.15, 0.2) is 0 Å². The second-order valence-electron chi connectivity index (χ2n) is 8.16. The maximum atomic E-state index is 13.4. The number of carbonyl (C=O) groups excluding carboxylic acids is 2. The summed E-state index contributed by atoms with van der Waals surface area (Å²) in [6, 6.07) is 25.0. The summed E-state index contributed by atoms with van der Waals surface area (Å²) in [4.78, 5) is 32.6. The van der Waals surface area contributed by atoms with Crippen LogP contribution in [-0.4, -0.2) is 21.4 Å². The number of hydrogen-bond acceptors (Lipinski definition) is 3. The molecule has 32 heavy (non-hydrogen) atoms. The van der Waals surface area contributed by atoms with Crippen molar-refractivity contribution in [2.24, 2.45) is 0 Å². The Labute approximate surface area is 186 Å². The number of fused-ring (bicyclic) bond motifs is 3. The quantitative estimate of drug-likeness (QED) is 0.506. The first-order valence-electron chi connectivity index (χ1n) is 10.7. The zero-order chi connectivity index (χ0) is 22.1. The molecule has 0 radical (unpaired) electrons. The number of amides is 2. The number of para-hydroxylation sites is 2. The average Bonchev–Trinajstić information content (AvgIpc) is 3.30. The van der Waals surface area contributed by atoms with Gasteiger partial charge in [-0.1, -0.05) is 72.3 Å². The van der Waals surface area contributed by atoms with Crippen molar-refractivity contribution in [3.8, 4) is 0 Å². The first-order valence-corrected chi connectivity index (χ1v) is 10.7. The number of nitrogens with one attached hydrogen (secondary N) is 1. The molecule has 6 nitrogen and oxygen atoms in total. The minimum absolute atomic E-state index is 0.0728. The highest BCUT2D eigenvalue weighted by atomic mass is 16.2. The van der Waals surface area contributed by atoms with Gasteiger partial charge in [-0.25, -0.2) is 4.98 Å². The highest BCUT2D eigenvalue weighted by Crippen LogP contribution is 2.37. The molecule has 0 bridgehead atoms. The van der Waals surface area contributed by atoms with Crippen molar-refractivity contribution in [1.82, 2.24) is 14.9 Å². The van der Waals surface area contributed by atoms with E-state index in [4.69, 9.17) is 4.98 Å². The van der Waals surface area contributed by atoms with E-state index in [2.05, 4.69) is 5.32 Å². The number of nitrogens with zero attached hydrogens (tertiary/aromatic N) is 3. The number of anilines is 1. The zero-order valence-electron chi connectivity index (χ0n) is 17.9. The molecule has 0 unspecified atom stereocenters. The van der Waals surface area contributed by atoms with Crippen LogP contribution in [0.1, 0.15) is 29.2 Å². The lowest BCUT2D eigenvalue weighted by Gasteiger charge is -2.16. The van der Waals surface area contributed by atoms with Crippen molar-refractivity contribution in [3.05, 3.63) is 95.6 Å². The van der Waals surface area contributed by atoms with Gasteiger partial charge < -0.3 is 5.32 Å². The van der Waals surface area contributed by atoms with Gasteiger partial charge in [-0.2, -0.15) is 0 Å². The van der Waals surface area contributed by atoms with Gasteiger partial charge in [0, 0.05) is 6.54 Å². The summed E-state index contributed by atoms with van der Waals surface area (Å²) in [5.74, 6) is 0.333. The van der Waals surface area contributed by atoms with Crippen molar-refractivity contribution in [3.63, 3.8) is 0 Å². The van der Waals surface area contributed by atoms with E-state index in [1.165, 1.54) is 5.56 Å². The number of aryl methyl sites for hydroxylation is 1. The highest BCUT2D eigenvalue weighted by molar-refractivity contribution is 6.03. The Morgan fingerprint density at radius 2 is 1.66 bits per heavy atom. The van der Waals surface area contributed by atoms with Crippen LogP contribution < -0.4 is 10.2 Å². The Morgan fingerprint density at radius 1 is 0.938 bits per heavy atom. The van der Waals surface area contributed by atoms with Gasteiger partial charge in [-0.3, -0.25) is 19.1 Å². The van der Waals surface area contributed by atoms with Crippen LogP contribution in [0.2, 0.25) is 0 Å². The minimum atomic E-state index is -0.612. The number of hydrogen-bond donors (Lipinski definition) is 1. The molecule has 1 aliphatic rings. The maximum absolute atomic E-state index is 13.4. The molecular formula is C26H24N4O2. The monoisotopic (exact) mass is 424 g/mol. The Bertz CT molecular complexity index is 1280. The summed E-state index contributed by atoms with van der Waals surface area (Å²) in [5.41, 5.74) is 4.90. The molecule has 0 aliphatic carbocycles. The maximum Gasteiger partial charge on any atom is 0.253 e. The smallest absolute Gasteiger partial charge is 0.253 e. The number of rotatable bonds is 6. The van der Waals surface area contributed by atoms with Crippen LogP contribution in [0.15, 0.2) is 78.9 Å². The second kappa shape index (κ2) is 8.30. The van der Waals surface area contributed by atoms with Gasteiger partial charge in [0.05, 0.1) is 24.0 Å². The normalized spacial score (nSPS) is 15.2. The SMILES string of the molecule is Cc1ccc(CN2C(=O)[C@H](CC(=O)NCc3ccccc3)n3c2nc2ccccc23)cc1. The Hall–Kier alpha value is -3.93. The van der Waals surface area contributed by atoms with Crippen molar-refractivity contribution < 1.29 is 9.59 Å². The minimum Gasteiger partial charge on any atom is -0.352 e. The van der Waals surface area contributed by atoms with Crippen LogP contribution >= 0.6 is 0 Å². The lowest BCUT2D eigenvalue weighted by molar-refractivity contribution is -0.127. The first-order chi connectivity index (χ1) is 15.6. The van der Waals surface area contributed by atoms with Gasteiger partial charge in [0.2, 0.25) is 11.9 Å². The third-order valence-electron chi connectivity index (χ3n) is 5.85. The van der Waals surface area contributed by atoms with Gasteiger partial charge in [-0.05, 0) is 30.2 Å². The van der Waals surface area contributed by atoms with E-state index >= 15 is 0 Å². The van der Waals surface area contributed by atoms with E-state index in [0.29, 0.717) is 19.0 Å². The molecule has 1 aromatic heterocycles. The number of imidazole rings is 1. The predicted octanol–water partition coefficient (Wildman–Crippen LogP) is 4.14. The van der Waals surface area contributed by atoms with Crippen LogP contribution in [0.4, 0.5) is 5.95 Å². The molecule has 0 spiro atoms. The van der Waals surface area contributed by atoms with Crippen LogP contribution in [-0.2, 0) is 22.7 Å². The average molecular weight is 425 g/mol. The van der Waals surface area contributed by atoms with Crippen molar-refractivity contribution in [1.29, 1.82) is 0 Å². The summed E-state index contributed by atoms with van der Waals surface area (Å²) in [5, 5.41) is 2.94. The lowest BCUT2D eigenvalue weighted by atomic mass is 10.1. The fourth-order valence-corrected chi connectivity index (χ4v) is 4.17. The summed E-state index contributed by atoms with van der Waals surface area (Å²) < 4.78 is 1.91. The van der Waals surface area contributed by atoms with Gasteiger partial charge >= 0.3 is 0 Å². The van der Waals surface area contributed by atoms with Gasteiger partial charge in [0.25, 0.3) is 5.91 Å². The largest absolute Gasteiger partial charge is 0.352 e. The number of benzene rings is 3. The summed E-state index contributed by atoms with van der Waals surface area (Å²) in [6.07, 6.45) is 0.0728. The van der Waals surface area contributed by atoms with Crippen LogP contribution in [0.3, 0.4) is 0 Å². The van der Waals surface area contributed by atoms with Crippen molar-refractivity contribution in [2.45, 2.75) is 32.5 Å². The molecule has 0 saturated carbocycles. The molecule has 5 rings (SSSR count). The molecular weight excluding hydrogens is 400 g/mol. The Morgan fingerprint density at radius 3 is 2.44 bits per heavy atom. The molecule has 2 heterocycles. The molecule has 4 aromatic rings. The van der Waals surface area contributed by atoms with E-state index in [9.17, 15) is 9.59 Å². The summed E-state index contributed by atoms with van der Waals surface area (Å²) in [6.45, 7) is 2.89. The third kappa shape index (κ3) is 3.75. The fourth-order valence-electron chi connectivity index (χ4n) is 4.17. The van der Waals surface area contributed by atoms with E-state index in [1.54, 1.807) is 4.90 Å². The summed E-state index contributed by atoms with van der Waals surface area (Å²) >= 11 is 0. The third-order valence-corrected chi connectivity index (χ3v) is 5.85. The summed E-state index contributed by atoms with van der Waals surface area (Å²) in [7, 11) is 0. The van der Waals surface area contributed by atoms with Crippen LogP contribution in [0.25, 0.3) is 11.0 Å². The van der Waals surface area contributed by atoms with E-state index in [0.717, 1.165) is 22.2 Å². The molecule has 160 valence electrons. The topological polar surface area (TPSA) is 67.2 Å². The van der Waals surface area contributed by atoms with Gasteiger partial charge in [-0.15, -0.1) is 0 Å². The van der Waals surface area contributed by atoms with Gasteiger partial charge in [0.1, 0.15) is 6.04 Å². The molecule has 3 aromatic carbocycles. The molecule has 1 aliphatic heterocycles. The molecule has 1 N–H and O–H groups in total. The molecule has 1 atom stereocenters. The standard InChI is InChI=1S/C26H24N4O2/c1-18-11-13-20(14-12-18)17-29-25(32)23(15-24(31)27-16-19-7-3-2-4-8-19)30-22-10-6-5-9-21(22)28-26(29)30/h2-14,23H,15-17H2,1H3,(H,27,31)/t23-/m0/s1. The molecule has 6 heteroatoms. The van der Waals surface area contributed by atoms with E-state index in [1.807, 2.05) is 90.4 Å². The molecule has 0 fully saturated rings. The zero-order valence-corrected chi connectivity index (χ0v) is 17.9. The number of aromatic nitrogens is 2. The van der Waals surface area contributed by atoms with E-state index in [-0.39, 0.29) is 18.2 Å². The second-order valence-corrected chi connectivity index (χ2v) is 8.16. The fraction of sp³-hybridized carbons (Fsp3) is 0.192. The molecule has 0 saturated heterocycles. The molecule has 2 amide bonds. The van der Waals surface area contributed by atoms with Crippen molar-refractivity contribution >= 4 is 28.8 Å². The number of carbonyl (C=O) groups is 2. The predicted molar refractivity (Wildman–Crippen MR) is 124 cm³/mol. The van der Waals surface area contributed by atoms with E-state index < -0.39 is 6.04 Å². The van der Waals surface area contributed by atoms with Crippen LogP contribution in [0.5, 0.6) is 0 Å². The first kappa shape index (κ1) is 20.0. The van der Waals surface area contributed by atoms with Crippen LogP contribution in [0, 0.1) is 6.92 Å². The lowest BCUT2D eigenvalue weighted by Crippen LogP contribution is -2.32. The van der Waals surface area contributed by atoms with Crippen molar-refractivity contribution in [2.75, 3.05) is 4.90 Å². The Kier molecular flexibility index (Phi) is 5.19. The highest BCUT2D eigenvalue weighted by Gasteiger charge is 2.40.